The SMILES string of the molecule is CC(N)CC(=O)NCC(C)Oc1ccccc1F. The number of hydrogen-bond donors (Lipinski definition) is 2. The molecular formula is C13H19FN2O2. The topological polar surface area (TPSA) is 64.4 Å². The number of ether oxygens (including phenoxy) is 1. The van der Waals surface area contributed by atoms with Crippen molar-refractivity contribution in [1.29, 1.82) is 0 Å². The largest absolute Gasteiger partial charge is 0.486 e. The first kappa shape index (κ1) is 14.4. The van der Waals surface area contributed by atoms with Crippen LogP contribution < -0.4 is 15.8 Å². The summed E-state index contributed by atoms with van der Waals surface area (Å²) in [4.78, 5) is 11.4. The zero-order valence-electron chi connectivity index (χ0n) is 10.7. The molecule has 5 heteroatoms. The quantitative estimate of drug-likeness (QED) is 0.807. The molecule has 1 amide bonds. The highest BCUT2D eigenvalue weighted by Crippen LogP contribution is 2.16. The zero-order chi connectivity index (χ0) is 13.5. The number of amides is 1. The summed E-state index contributed by atoms with van der Waals surface area (Å²) in [6, 6.07) is 6.00. The molecule has 1 rings (SSSR count). The predicted molar refractivity (Wildman–Crippen MR) is 67.8 cm³/mol. The molecule has 0 aliphatic carbocycles. The Morgan fingerprint density at radius 3 is 2.72 bits per heavy atom. The number of nitrogens with one attached hydrogen (secondary N) is 1. The van der Waals surface area contributed by atoms with Crippen molar-refractivity contribution in [3.05, 3.63) is 30.1 Å². The molecule has 4 nitrogen and oxygen atoms in total. The highest BCUT2D eigenvalue weighted by Gasteiger charge is 2.10. The summed E-state index contributed by atoms with van der Waals surface area (Å²) in [5.41, 5.74) is 5.50. The molecule has 0 saturated carbocycles. The molecule has 0 fully saturated rings. The summed E-state index contributed by atoms with van der Waals surface area (Å²) in [6.07, 6.45) is -0.0363. The number of carbonyl (C=O) groups is 1. The lowest BCUT2D eigenvalue weighted by Gasteiger charge is -2.16. The van der Waals surface area contributed by atoms with Crippen LogP contribution in [0.25, 0.3) is 0 Å². The van der Waals surface area contributed by atoms with E-state index in [0.29, 0.717) is 6.54 Å². The zero-order valence-corrected chi connectivity index (χ0v) is 10.7. The van der Waals surface area contributed by atoms with Gasteiger partial charge in [0.1, 0.15) is 6.10 Å². The third-order valence-electron chi connectivity index (χ3n) is 2.26. The summed E-state index contributed by atoms with van der Waals surface area (Å²) in [7, 11) is 0. The summed E-state index contributed by atoms with van der Waals surface area (Å²) in [5, 5.41) is 2.69. The first-order chi connectivity index (χ1) is 8.49. The Kier molecular flexibility index (Phi) is 5.58. The lowest BCUT2D eigenvalue weighted by atomic mass is 10.2. The van der Waals surface area contributed by atoms with E-state index >= 15 is 0 Å². The fourth-order valence-electron chi connectivity index (χ4n) is 1.42. The van der Waals surface area contributed by atoms with Gasteiger partial charge in [-0.2, -0.15) is 0 Å². The standard InChI is InChI=1S/C13H19FN2O2/c1-9(15)7-13(17)16-8-10(2)18-12-6-4-3-5-11(12)14/h3-6,9-10H,7-8,15H2,1-2H3,(H,16,17). The Morgan fingerprint density at radius 2 is 2.11 bits per heavy atom. The Labute approximate surface area is 106 Å². The van der Waals surface area contributed by atoms with Crippen molar-refractivity contribution in [2.24, 2.45) is 5.73 Å². The van der Waals surface area contributed by atoms with Gasteiger partial charge >= 0.3 is 0 Å². The van der Waals surface area contributed by atoms with E-state index in [1.165, 1.54) is 6.07 Å². The molecule has 0 aromatic heterocycles. The van der Waals surface area contributed by atoms with Crippen molar-refractivity contribution in [1.82, 2.24) is 5.32 Å². The van der Waals surface area contributed by atoms with Crippen molar-refractivity contribution < 1.29 is 13.9 Å². The van der Waals surface area contributed by atoms with E-state index in [-0.39, 0.29) is 30.2 Å². The molecule has 100 valence electrons. The molecule has 0 radical (unpaired) electrons. The highest BCUT2D eigenvalue weighted by atomic mass is 19.1. The van der Waals surface area contributed by atoms with Crippen LogP contribution in [0, 0.1) is 5.82 Å². The third kappa shape index (κ3) is 5.14. The Hall–Kier alpha value is -1.62. The van der Waals surface area contributed by atoms with Gasteiger partial charge < -0.3 is 15.8 Å². The number of rotatable bonds is 6. The lowest BCUT2D eigenvalue weighted by Crippen LogP contribution is -2.36. The smallest absolute Gasteiger partial charge is 0.221 e. The minimum absolute atomic E-state index is 0.131. The molecule has 0 aliphatic heterocycles. The van der Waals surface area contributed by atoms with Gasteiger partial charge in [-0.05, 0) is 26.0 Å². The minimum Gasteiger partial charge on any atom is -0.486 e. The van der Waals surface area contributed by atoms with Gasteiger partial charge in [-0.25, -0.2) is 4.39 Å². The van der Waals surface area contributed by atoms with Gasteiger partial charge in [0.15, 0.2) is 11.6 Å². The number of benzene rings is 1. The number of halogens is 1. The molecule has 3 N–H and O–H groups in total. The van der Waals surface area contributed by atoms with Crippen LogP contribution in [0.2, 0.25) is 0 Å². The second kappa shape index (κ2) is 6.96. The predicted octanol–water partition coefficient (Wildman–Crippen LogP) is 1.45. The Balaban J connectivity index is 2.36. The summed E-state index contributed by atoms with van der Waals surface area (Å²) < 4.78 is 18.7. The van der Waals surface area contributed by atoms with Crippen molar-refractivity contribution in [2.45, 2.75) is 32.4 Å². The minimum atomic E-state index is -0.411. The normalized spacial score (nSPS) is 13.8. The molecule has 18 heavy (non-hydrogen) atoms. The molecule has 2 unspecified atom stereocenters. The van der Waals surface area contributed by atoms with E-state index in [4.69, 9.17) is 10.5 Å². The fraction of sp³-hybridized carbons (Fsp3) is 0.462. The Morgan fingerprint density at radius 1 is 1.44 bits per heavy atom. The van der Waals surface area contributed by atoms with Gasteiger partial charge in [0.25, 0.3) is 0 Å². The van der Waals surface area contributed by atoms with Gasteiger partial charge in [-0.3, -0.25) is 4.79 Å². The maximum Gasteiger partial charge on any atom is 0.221 e. The van der Waals surface area contributed by atoms with Gasteiger partial charge in [0, 0.05) is 12.5 Å². The first-order valence-electron chi connectivity index (χ1n) is 5.92. The van der Waals surface area contributed by atoms with Crippen LogP contribution >= 0.6 is 0 Å². The molecule has 0 bridgehead atoms. The van der Waals surface area contributed by atoms with Crippen molar-refractivity contribution >= 4 is 5.91 Å². The average Bonchev–Trinajstić information content (AvgIpc) is 2.29. The number of hydrogen-bond acceptors (Lipinski definition) is 3. The van der Waals surface area contributed by atoms with E-state index in [0.717, 1.165) is 0 Å². The fourth-order valence-corrected chi connectivity index (χ4v) is 1.42. The van der Waals surface area contributed by atoms with Gasteiger partial charge in [-0.15, -0.1) is 0 Å². The van der Waals surface area contributed by atoms with Gasteiger partial charge in [-0.1, -0.05) is 12.1 Å². The van der Waals surface area contributed by atoms with E-state index in [9.17, 15) is 9.18 Å². The molecule has 0 spiro atoms. The summed E-state index contributed by atoms with van der Waals surface area (Å²) >= 11 is 0. The van der Waals surface area contributed by atoms with E-state index in [1.54, 1.807) is 32.0 Å². The summed E-state index contributed by atoms with van der Waals surface area (Å²) in [6.45, 7) is 3.84. The summed E-state index contributed by atoms with van der Waals surface area (Å²) in [5.74, 6) is -0.355. The van der Waals surface area contributed by atoms with E-state index in [2.05, 4.69) is 5.32 Å². The maximum absolute atomic E-state index is 13.3. The van der Waals surface area contributed by atoms with E-state index in [1.807, 2.05) is 0 Å². The first-order valence-corrected chi connectivity index (χ1v) is 5.92. The lowest BCUT2D eigenvalue weighted by molar-refractivity contribution is -0.121. The van der Waals surface area contributed by atoms with Crippen LogP contribution in [0.4, 0.5) is 4.39 Å². The number of para-hydroxylation sites is 1. The molecule has 0 saturated heterocycles. The monoisotopic (exact) mass is 254 g/mol. The van der Waals surface area contributed by atoms with Crippen LogP contribution in [0.1, 0.15) is 20.3 Å². The van der Waals surface area contributed by atoms with Crippen molar-refractivity contribution in [2.75, 3.05) is 6.54 Å². The second-order valence-corrected chi connectivity index (χ2v) is 4.34. The van der Waals surface area contributed by atoms with Crippen LogP contribution in [-0.2, 0) is 4.79 Å². The number of carbonyl (C=O) groups excluding carboxylic acids is 1. The van der Waals surface area contributed by atoms with Gasteiger partial charge in [0.05, 0.1) is 6.54 Å². The molecule has 0 heterocycles. The number of nitrogens with two attached hydrogens (primary N) is 1. The molecule has 0 aliphatic rings. The Bertz CT molecular complexity index is 396. The van der Waals surface area contributed by atoms with Crippen LogP contribution in [0.15, 0.2) is 24.3 Å². The molecule has 1 aromatic carbocycles. The molecule has 2 atom stereocenters. The third-order valence-corrected chi connectivity index (χ3v) is 2.26. The van der Waals surface area contributed by atoms with Crippen LogP contribution in [0.5, 0.6) is 5.75 Å². The second-order valence-electron chi connectivity index (χ2n) is 4.34. The van der Waals surface area contributed by atoms with Crippen LogP contribution in [-0.4, -0.2) is 24.6 Å². The van der Waals surface area contributed by atoms with Crippen LogP contribution in [0.3, 0.4) is 0 Å². The van der Waals surface area contributed by atoms with E-state index < -0.39 is 5.82 Å². The molecule has 1 aromatic rings. The molecular weight excluding hydrogens is 235 g/mol. The maximum atomic E-state index is 13.3. The highest BCUT2D eigenvalue weighted by molar-refractivity contribution is 5.76. The van der Waals surface area contributed by atoms with Crippen molar-refractivity contribution in [3.63, 3.8) is 0 Å². The average molecular weight is 254 g/mol. The van der Waals surface area contributed by atoms with Gasteiger partial charge in [0.2, 0.25) is 5.91 Å². The van der Waals surface area contributed by atoms with Crippen molar-refractivity contribution in [3.8, 4) is 5.75 Å².